The Hall–Kier alpha value is -4.82. The average Bonchev–Trinajstić information content (AvgIpc) is 3.65. The number of alkyl halides is 6. The SMILES string of the molecule is CCOC(=O)c1cn(-c2cnc(C(F)(F)F)nc2)nc1OC.CCOC(=O)c1cn[nH]c1OC.FC(F)(F)c1ncc(Br)cn1. The Kier molecular flexibility index (Phi) is 13.2. The van der Waals surface area contributed by atoms with Crippen molar-refractivity contribution in [3.63, 3.8) is 0 Å². The highest BCUT2D eigenvalue weighted by molar-refractivity contribution is 9.10. The number of aromatic nitrogens is 8. The first-order valence-electron chi connectivity index (χ1n) is 12.2. The molecule has 14 nitrogen and oxygen atoms in total. The van der Waals surface area contributed by atoms with Crippen LogP contribution in [0.5, 0.6) is 11.8 Å². The van der Waals surface area contributed by atoms with E-state index in [0.717, 1.165) is 29.5 Å². The van der Waals surface area contributed by atoms with Crippen LogP contribution in [-0.4, -0.2) is 79.3 Å². The molecule has 244 valence electrons. The number of ether oxygens (including phenoxy) is 4. The minimum absolute atomic E-state index is 0.0154. The molecule has 45 heavy (non-hydrogen) atoms. The highest BCUT2D eigenvalue weighted by atomic mass is 79.9. The first-order valence-corrected chi connectivity index (χ1v) is 12.9. The van der Waals surface area contributed by atoms with Gasteiger partial charge in [-0.15, -0.1) is 5.10 Å². The van der Waals surface area contributed by atoms with Gasteiger partial charge in [-0.2, -0.15) is 31.4 Å². The number of carbonyl (C=O) groups is 2. The molecule has 0 radical (unpaired) electrons. The van der Waals surface area contributed by atoms with Gasteiger partial charge in [-0.05, 0) is 29.8 Å². The molecular weight excluding hydrogens is 690 g/mol. The van der Waals surface area contributed by atoms with Gasteiger partial charge >= 0.3 is 24.3 Å². The van der Waals surface area contributed by atoms with Crippen LogP contribution in [0.25, 0.3) is 5.69 Å². The third kappa shape index (κ3) is 10.7. The summed E-state index contributed by atoms with van der Waals surface area (Å²) in [5, 5.41) is 10.1. The lowest BCUT2D eigenvalue weighted by Gasteiger charge is -2.05. The van der Waals surface area contributed by atoms with Crippen LogP contribution in [0, 0.1) is 0 Å². The lowest BCUT2D eigenvalue weighted by Crippen LogP contribution is -2.11. The second-order valence-electron chi connectivity index (χ2n) is 7.74. The van der Waals surface area contributed by atoms with Crippen LogP contribution in [0.2, 0.25) is 0 Å². The lowest BCUT2D eigenvalue weighted by atomic mass is 10.3. The molecule has 0 fully saturated rings. The fourth-order valence-corrected chi connectivity index (χ4v) is 3.02. The van der Waals surface area contributed by atoms with E-state index < -0.39 is 35.9 Å². The van der Waals surface area contributed by atoms with Gasteiger partial charge in [0.15, 0.2) is 0 Å². The molecule has 0 aliphatic carbocycles. The number of hydrogen-bond acceptors (Lipinski definition) is 12. The molecule has 0 saturated carbocycles. The molecule has 4 heterocycles. The quantitative estimate of drug-likeness (QED) is 0.207. The van der Waals surface area contributed by atoms with E-state index in [2.05, 4.69) is 51.2 Å². The smallest absolute Gasteiger partial charge is 0.451 e. The number of methoxy groups -OCH3 is 2. The number of nitrogens with zero attached hydrogens (tertiary/aromatic N) is 7. The van der Waals surface area contributed by atoms with E-state index in [1.54, 1.807) is 13.8 Å². The number of nitrogens with one attached hydrogen (secondary N) is 1. The van der Waals surface area contributed by atoms with Gasteiger partial charge in [0.25, 0.3) is 0 Å². The van der Waals surface area contributed by atoms with Crippen LogP contribution in [0.1, 0.15) is 46.2 Å². The summed E-state index contributed by atoms with van der Waals surface area (Å²) in [4.78, 5) is 35.4. The first kappa shape index (κ1) is 36.4. The fraction of sp³-hybridized carbons (Fsp3) is 0.333. The van der Waals surface area contributed by atoms with Crippen molar-refractivity contribution < 1.29 is 54.9 Å². The van der Waals surface area contributed by atoms with Gasteiger partial charge in [-0.1, -0.05) is 0 Å². The summed E-state index contributed by atoms with van der Waals surface area (Å²) in [6.45, 7) is 3.88. The van der Waals surface area contributed by atoms with E-state index in [-0.39, 0.29) is 23.7 Å². The maximum Gasteiger partial charge on any atom is 0.451 e. The molecule has 0 aliphatic heterocycles. The zero-order chi connectivity index (χ0) is 33.8. The third-order valence-electron chi connectivity index (χ3n) is 4.70. The van der Waals surface area contributed by atoms with Gasteiger partial charge in [0.1, 0.15) is 16.8 Å². The zero-order valence-electron chi connectivity index (χ0n) is 23.6. The number of hydrogen-bond donors (Lipinski definition) is 1. The largest absolute Gasteiger partial charge is 0.481 e. The van der Waals surface area contributed by atoms with Gasteiger partial charge in [0.2, 0.25) is 23.4 Å². The summed E-state index contributed by atoms with van der Waals surface area (Å²) in [5.41, 5.74) is 0.505. The number of esters is 2. The Bertz CT molecular complexity index is 1530. The van der Waals surface area contributed by atoms with E-state index in [9.17, 15) is 35.9 Å². The van der Waals surface area contributed by atoms with Gasteiger partial charge in [-0.25, -0.2) is 39.3 Å². The van der Waals surface area contributed by atoms with Crippen LogP contribution in [-0.2, 0) is 21.8 Å². The number of aromatic amines is 1. The molecule has 0 aromatic carbocycles. The number of rotatable bonds is 7. The van der Waals surface area contributed by atoms with Crippen LogP contribution >= 0.6 is 15.9 Å². The molecule has 0 aliphatic rings. The van der Waals surface area contributed by atoms with Crippen molar-refractivity contribution in [1.29, 1.82) is 0 Å². The van der Waals surface area contributed by atoms with E-state index in [0.29, 0.717) is 22.5 Å². The van der Waals surface area contributed by atoms with Crippen molar-refractivity contribution in [2.75, 3.05) is 27.4 Å². The third-order valence-corrected chi connectivity index (χ3v) is 5.11. The maximum atomic E-state index is 12.4. The Balaban J connectivity index is 0.000000259. The van der Waals surface area contributed by atoms with Crippen molar-refractivity contribution in [3.05, 3.63) is 64.4 Å². The molecule has 4 aromatic rings. The Morgan fingerprint density at radius 3 is 1.73 bits per heavy atom. The second-order valence-corrected chi connectivity index (χ2v) is 8.66. The molecule has 0 saturated heterocycles. The van der Waals surface area contributed by atoms with Crippen molar-refractivity contribution in [1.82, 2.24) is 39.9 Å². The molecule has 4 aromatic heterocycles. The summed E-state index contributed by atoms with van der Waals surface area (Å²) in [6, 6.07) is 0. The Labute approximate surface area is 258 Å². The highest BCUT2D eigenvalue weighted by Gasteiger charge is 2.35. The summed E-state index contributed by atoms with van der Waals surface area (Å²) >= 11 is 2.92. The number of halogens is 7. The summed E-state index contributed by atoms with van der Waals surface area (Å²) in [5.74, 6) is -3.16. The maximum absolute atomic E-state index is 12.4. The molecule has 0 unspecified atom stereocenters. The standard InChI is InChI=1S/C12H11F3N4O3.C7H10N2O3.C5H2BrF3N2/c1-3-22-10(20)8-6-19(18-9(8)21-2)7-4-16-11(17-5-7)12(13,14)15;1-3-12-7(10)5-4-8-9-6(5)11-2;6-3-1-10-4(11-2-3)5(7,8)9/h4-6H,3H2,1-2H3;4H,3H2,1-2H3,(H,8,9);1-2H. The molecule has 4 rings (SSSR count). The molecular formula is C24H23BrF6N8O6. The van der Waals surface area contributed by atoms with Crippen LogP contribution in [0.4, 0.5) is 26.3 Å². The van der Waals surface area contributed by atoms with E-state index in [1.165, 1.54) is 26.6 Å². The topological polar surface area (TPSA) is 169 Å². The molecule has 21 heteroatoms. The molecule has 0 spiro atoms. The van der Waals surface area contributed by atoms with Crippen molar-refractivity contribution in [3.8, 4) is 17.4 Å². The van der Waals surface area contributed by atoms with E-state index >= 15 is 0 Å². The Morgan fingerprint density at radius 2 is 1.29 bits per heavy atom. The van der Waals surface area contributed by atoms with Gasteiger partial charge in [0, 0.05) is 18.6 Å². The second kappa shape index (κ2) is 16.3. The minimum Gasteiger partial charge on any atom is -0.481 e. The van der Waals surface area contributed by atoms with Gasteiger partial charge in [-0.3, -0.25) is 0 Å². The van der Waals surface area contributed by atoms with E-state index in [4.69, 9.17) is 18.9 Å². The predicted octanol–water partition coefficient (Wildman–Crippen LogP) is 4.72. The highest BCUT2D eigenvalue weighted by Crippen LogP contribution is 2.27. The summed E-state index contributed by atoms with van der Waals surface area (Å²) in [7, 11) is 2.76. The van der Waals surface area contributed by atoms with Crippen LogP contribution in [0.15, 0.2) is 41.7 Å². The summed E-state index contributed by atoms with van der Waals surface area (Å²) < 4.78 is 93.5. The van der Waals surface area contributed by atoms with Crippen LogP contribution < -0.4 is 9.47 Å². The minimum atomic E-state index is -4.63. The van der Waals surface area contributed by atoms with Crippen molar-refractivity contribution in [2.45, 2.75) is 26.2 Å². The van der Waals surface area contributed by atoms with E-state index in [1.807, 2.05) is 0 Å². The number of H-pyrrole nitrogens is 1. The molecule has 1 N–H and O–H groups in total. The molecule has 0 bridgehead atoms. The normalized spacial score (nSPS) is 10.9. The number of carbonyl (C=O) groups excluding carboxylic acids is 2. The summed E-state index contributed by atoms with van der Waals surface area (Å²) in [6.07, 6.45) is -2.46. The molecule has 0 atom stereocenters. The Morgan fingerprint density at radius 1 is 0.800 bits per heavy atom. The van der Waals surface area contributed by atoms with Crippen molar-refractivity contribution >= 4 is 27.9 Å². The predicted molar refractivity (Wildman–Crippen MR) is 142 cm³/mol. The zero-order valence-corrected chi connectivity index (χ0v) is 25.2. The average molecular weight is 713 g/mol. The molecule has 0 amide bonds. The lowest BCUT2D eigenvalue weighted by molar-refractivity contribution is -0.145. The van der Waals surface area contributed by atoms with Gasteiger partial charge < -0.3 is 18.9 Å². The van der Waals surface area contributed by atoms with Crippen LogP contribution in [0.3, 0.4) is 0 Å². The monoisotopic (exact) mass is 712 g/mol. The van der Waals surface area contributed by atoms with Crippen molar-refractivity contribution in [2.24, 2.45) is 0 Å². The first-order chi connectivity index (χ1) is 21.2. The van der Waals surface area contributed by atoms with Gasteiger partial charge in [0.05, 0.1) is 50.5 Å². The fourth-order valence-electron chi connectivity index (χ4n) is 2.82.